The van der Waals surface area contributed by atoms with Crippen LogP contribution in [0.5, 0.6) is 5.75 Å². The topological polar surface area (TPSA) is 60.2 Å². The molecule has 0 bridgehead atoms. The Labute approximate surface area is 110 Å². The van der Waals surface area contributed by atoms with E-state index in [-0.39, 0.29) is 6.04 Å². The fraction of sp³-hybridized carbons (Fsp3) is 0.643. The highest BCUT2D eigenvalue weighted by Gasteiger charge is 2.14. The van der Waals surface area contributed by atoms with Gasteiger partial charge < -0.3 is 15.8 Å². The van der Waals surface area contributed by atoms with Crippen molar-refractivity contribution in [2.75, 3.05) is 18.5 Å². The van der Waals surface area contributed by atoms with E-state index in [1.54, 1.807) is 6.20 Å². The SMILES string of the molecule is CCOc1cccnc1NCC(N)C(CC)CC. The van der Waals surface area contributed by atoms with Crippen LogP contribution in [0.15, 0.2) is 18.3 Å². The molecule has 0 aliphatic heterocycles. The molecule has 3 N–H and O–H groups in total. The maximum atomic E-state index is 6.18. The standard InChI is InChI=1S/C14H25N3O/c1-4-11(5-2)12(15)10-17-14-13(18-6-3)8-7-9-16-14/h7-9,11-12H,4-6,10,15H2,1-3H3,(H,16,17). The molecule has 0 aliphatic rings. The van der Waals surface area contributed by atoms with Crippen LogP contribution in [0, 0.1) is 5.92 Å². The molecule has 18 heavy (non-hydrogen) atoms. The van der Waals surface area contributed by atoms with Gasteiger partial charge >= 0.3 is 0 Å². The third-order valence-electron chi connectivity index (χ3n) is 3.23. The Kier molecular flexibility index (Phi) is 6.50. The summed E-state index contributed by atoms with van der Waals surface area (Å²) in [6.07, 6.45) is 3.98. The summed E-state index contributed by atoms with van der Waals surface area (Å²) in [6, 6.07) is 3.94. The molecule has 0 saturated carbocycles. The van der Waals surface area contributed by atoms with Gasteiger partial charge in [0.25, 0.3) is 0 Å². The van der Waals surface area contributed by atoms with Gasteiger partial charge in [0, 0.05) is 18.8 Å². The Hall–Kier alpha value is -1.29. The molecule has 0 aliphatic carbocycles. The van der Waals surface area contributed by atoms with Crippen LogP contribution >= 0.6 is 0 Å². The second-order valence-electron chi connectivity index (χ2n) is 4.40. The smallest absolute Gasteiger partial charge is 0.168 e. The zero-order valence-corrected chi connectivity index (χ0v) is 11.6. The van der Waals surface area contributed by atoms with Crippen molar-refractivity contribution in [2.45, 2.75) is 39.7 Å². The average Bonchev–Trinajstić information content (AvgIpc) is 2.39. The van der Waals surface area contributed by atoms with Crippen LogP contribution in [0.3, 0.4) is 0 Å². The summed E-state index contributed by atoms with van der Waals surface area (Å²) in [5, 5.41) is 3.29. The summed E-state index contributed by atoms with van der Waals surface area (Å²) in [6.45, 7) is 7.69. The molecule has 0 saturated heterocycles. The minimum absolute atomic E-state index is 0.150. The van der Waals surface area contributed by atoms with Gasteiger partial charge in [0.05, 0.1) is 6.61 Å². The molecule has 4 heteroatoms. The first kappa shape index (κ1) is 14.8. The van der Waals surface area contributed by atoms with Crippen molar-refractivity contribution in [3.63, 3.8) is 0 Å². The normalized spacial score (nSPS) is 12.5. The Bertz CT molecular complexity index is 340. The van der Waals surface area contributed by atoms with Crippen LogP contribution in [0.2, 0.25) is 0 Å². The average molecular weight is 251 g/mol. The van der Waals surface area contributed by atoms with E-state index in [0.29, 0.717) is 12.5 Å². The number of nitrogens with one attached hydrogen (secondary N) is 1. The van der Waals surface area contributed by atoms with Gasteiger partial charge in [-0.2, -0.15) is 0 Å². The van der Waals surface area contributed by atoms with Crippen molar-refractivity contribution in [3.05, 3.63) is 18.3 Å². The lowest BCUT2D eigenvalue weighted by atomic mass is 9.95. The molecular formula is C14H25N3O. The van der Waals surface area contributed by atoms with Crippen molar-refractivity contribution in [2.24, 2.45) is 11.7 Å². The minimum atomic E-state index is 0.150. The van der Waals surface area contributed by atoms with E-state index in [1.165, 1.54) is 0 Å². The number of rotatable bonds is 8. The first-order valence-electron chi connectivity index (χ1n) is 6.80. The van der Waals surface area contributed by atoms with Gasteiger partial charge in [-0.25, -0.2) is 4.98 Å². The molecule has 4 nitrogen and oxygen atoms in total. The molecule has 1 aromatic heterocycles. The van der Waals surface area contributed by atoms with Crippen LogP contribution in [0.1, 0.15) is 33.6 Å². The van der Waals surface area contributed by atoms with E-state index >= 15 is 0 Å². The highest BCUT2D eigenvalue weighted by molar-refractivity contribution is 5.49. The lowest BCUT2D eigenvalue weighted by molar-refractivity contribution is 0.340. The minimum Gasteiger partial charge on any atom is -0.490 e. The molecule has 0 radical (unpaired) electrons. The van der Waals surface area contributed by atoms with E-state index in [4.69, 9.17) is 10.5 Å². The summed E-state index contributed by atoms with van der Waals surface area (Å²) in [4.78, 5) is 4.29. The molecule has 1 heterocycles. The predicted octanol–water partition coefficient (Wildman–Crippen LogP) is 2.66. The predicted molar refractivity (Wildman–Crippen MR) is 75.9 cm³/mol. The van der Waals surface area contributed by atoms with Crippen LogP contribution < -0.4 is 15.8 Å². The first-order chi connectivity index (χ1) is 8.72. The maximum Gasteiger partial charge on any atom is 0.168 e. The summed E-state index contributed by atoms with van der Waals surface area (Å²) in [5.41, 5.74) is 6.18. The number of pyridine rings is 1. The number of hydrogen-bond donors (Lipinski definition) is 2. The lowest BCUT2D eigenvalue weighted by Gasteiger charge is -2.22. The van der Waals surface area contributed by atoms with Crippen molar-refractivity contribution in [1.29, 1.82) is 0 Å². The number of anilines is 1. The van der Waals surface area contributed by atoms with Gasteiger partial charge in [0.2, 0.25) is 0 Å². The van der Waals surface area contributed by atoms with Gasteiger partial charge in [-0.15, -0.1) is 0 Å². The zero-order valence-electron chi connectivity index (χ0n) is 11.6. The molecule has 0 spiro atoms. The van der Waals surface area contributed by atoms with Gasteiger partial charge in [0.15, 0.2) is 11.6 Å². The monoisotopic (exact) mass is 251 g/mol. The molecule has 1 rings (SSSR count). The summed E-state index contributed by atoms with van der Waals surface area (Å²) in [5.74, 6) is 2.12. The van der Waals surface area contributed by atoms with Crippen molar-refractivity contribution in [1.82, 2.24) is 4.98 Å². The van der Waals surface area contributed by atoms with Gasteiger partial charge in [-0.05, 0) is 25.0 Å². The third kappa shape index (κ3) is 4.18. The fourth-order valence-corrected chi connectivity index (χ4v) is 2.07. The number of ether oxygens (including phenoxy) is 1. The van der Waals surface area contributed by atoms with E-state index in [0.717, 1.165) is 31.0 Å². The quantitative estimate of drug-likeness (QED) is 0.745. The van der Waals surface area contributed by atoms with E-state index in [1.807, 2.05) is 19.1 Å². The molecule has 1 atom stereocenters. The van der Waals surface area contributed by atoms with Crippen molar-refractivity contribution < 1.29 is 4.74 Å². The van der Waals surface area contributed by atoms with Crippen LogP contribution in [-0.2, 0) is 0 Å². The Morgan fingerprint density at radius 1 is 1.33 bits per heavy atom. The molecule has 0 fully saturated rings. The second kappa shape index (κ2) is 7.93. The second-order valence-corrected chi connectivity index (χ2v) is 4.40. The van der Waals surface area contributed by atoms with E-state index in [2.05, 4.69) is 24.1 Å². The number of nitrogens with zero attached hydrogens (tertiary/aromatic N) is 1. The van der Waals surface area contributed by atoms with Crippen LogP contribution in [0.25, 0.3) is 0 Å². The first-order valence-corrected chi connectivity index (χ1v) is 6.80. The van der Waals surface area contributed by atoms with Crippen LogP contribution in [-0.4, -0.2) is 24.2 Å². The summed E-state index contributed by atoms with van der Waals surface area (Å²) in [7, 11) is 0. The molecule has 1 aromatic rings. The van der Waals surface area contributed by atoms with Crippen molar-refractivity contribution >= 4 is 5.82 Å². The highest BCUT2D eigenvalue weighted by Crippen LogP contribution is 2.21. The van der Waals surface area contributed by atoms with Crippen molar-refractivity contribution in [3.8, 4) is 5.75 Å². The third-order valence-corrected chi connectivity index (χ3v) is 3.23. The molecule has 0 amide bonds. The summed E-state index contributed by atoms with van der Waals surface area (Å²) < 4.78 is 5.52. The lowest BCUT2D eigenvalue weighted by Crippen LogP contribution is -2.36. The summed E-state index contributed by atoms with van der Waals surface area (Å²) >= 11 is 0. The molecule has 0 aromatic carbocycles. The van der Waals surface area contributed by atoms with Gasteiger partial charge in [0.1, 0.15) is 0 Å². The molecular weight excluding hydrogens is 226 g/mol. The number of nitrogens with two attached hydrogens (primary N) is 1. The largest absolute Gasteiger partial charge is 0.490 e. The van der Waals surface area contributed by atoms with E-state index in [9.17, 15) is 0 Å². The Balaban J connectivity index is 2.57. The number of aromatic nitrogens is 1. The van der Waals surface area contributed by atoms with Gasteiger partial charge in [-0.3, -0.25) is 0 Å². The van der Waals surface area contributed by atoms with Gasteiger partial charge in [-0.1, -0.05) is 26.7 Å². The highest BCUT2D eigenvalue weighted by atomic mass is 16.5. The van der Waals surface area contributed by atoms with E-state index < -0.39 is 0 Å². The Morgan fingerprint density at radius 2 is 2.06 bits per heavy atom. The van der Waals surface area contributed by atoms with Crippen LogP contribution in [0.4, 0.5) is 5.82 Å². The Morgan fingerprint density at radius 3 is 2.67 bits per heavy atom. The maximum absolute atomic E-state index is 6.18. The zero-order chi connectivity index (χ0) is 13.4. The molecule has 1 unspecified atom stereocenters. The number of hydrogen-bond acceptors (Lipinski definition) is 4. The molecule has 102 valence electrons. The fourth-order valence-electron chi connectivity index (χ4n) is 2.07.